The van der Waals surface area contributed by atoms with Crippen LogP contribution in [0.3, 0.4) is 0 Å². The van der Waals surface area contributed by atoms with Gasteiger partial charge in [-0.25, -0.2) is 4.98 Å². The standard InChI is InChI=1S/C18H31N5O2/c1-4-14-11-17(20-18(19-14)21(2)3)22-7-5-15(6-8-22)23-9-10-25-13-16(24)12-23/h11,15-16,24H,4-10,12-13H2,1-3H3. The Morgan fingerprint density at radius 2 is 2.00 bits per heavy atom. The van der Waals surface area contributed by atoms with Crippen LogP contribution in [0.1, 0.15) is 25.5 Å². The van der Waals surface area contributed by atoms with Crippen LogP contribution in [0.5, 0.6) is 0 Å². The maximum absolute atomic E-state index is 9.96. The molecule has 2 saturated heterocycles. The summed E-state index contributed by atoms with van der Waals surface area (Å²) in [5.41, 5.74) is 1.09. The predicted octanol–water partition coefficient (Wildman–Crippen LogP) is 0.767. The van der Waals surface area contributed by atoms with E-state index in [2.05, 4.69) is 27.8 Å². The minimum atomic E-state index is -0.364. The summed E-state index contributed by atoms with van der Waals surface area (Å²) < 4.78 is 5.46. The van der Waals surface area contributed by atoms with Gasteiger partial charge >= 0.3 is 0 Å². The van der Waals surface area contributed by atoms with Crippen LogP contribution >= 0.6 is 0 Å². The van der Waals surface area contributed by atoms with Crippen LogP contribution < -0.4 is 9.80 Å². The van der Waals surface area contributed by atoms with Crippen LogP contribution in [0.15, 0.2) is 6.07 Å². The summed E-state index contributed by atoms with van der Waals surface area (Å²) >= 11 is 0. The van der Waals surface area contributed by atoms with Crippen molar-refractivity contribution in [2.24, 2.45) is 0 Å². The van der Waals surface area contributed by atoms with E-state index in [1.165, 1.54) is 0 Å². The molecule has 3 rings (SSSR count). The molecular formula is C18H31N5O2. The van der Waals surface area contributed by atoms with Gasteiger partial charge in [0, 0.05) is 58.1 Å². The molecule has 0 bridgehead atoms. The van der Waals surface area contributed by atoms with Crippen molar-refractivity contribution in [1.82, 2.24) is 14.9 Å². The minimum absolute atomic E-state index is 0.364. The highest BCUT2D eigenvalue weighted by Gasteiger charge is 2.28. The molecule has 7 nitrogen and oxygen atoms in total. The molecule has 1 N–H and O–H groups in total. The Morgan fingerprint density at radius 1 is 1.24 bits per heavy atom. The number of β-amino-alcohol motifs (C(OH)–C–C–N with tert-alkyl or cyclic N) is 1. The molecular weight excluding hydrogens is 318 g/mol. The summed E-state index contributed by atoms with van der Waals surface area (Å²) in [6.07, 6.45) is 2.74. The van der Waals surface area contributed by atoms with Gasteiger partial charge in [-0.05, 0) is 19.3 Å². The molecule has 1 aromatic rings. The van der Waals surface area contributed by atoms with E-state index < -0.39 is 0 Å². The van der Waals surface area contributed by atoms with Crippen molar-refractivity contribution in [3.63, 3.8) is 0 Å². The van der Waals surface area contributed by atoms with Crippen LogP contribution in [0.2, 0.25) is 0 Å². The number of aliphatic hydroxyl groups is 1. The van der Waals surface area contributed by atoms with Crippen LogP contribution in [-0.4, -0.2) is 85.6 Å². The number of anilines is 2. The third-order valence-corrected chi connectivity index (χ3v) is 5.10. The minimum Gasteiger partial charge on any atom is -0.389 e. The van der Waals surface area contributed by atoms with Crippen molar-refractivity contribution in [2.45, 2.75) is 38.3 Å². The lowest BCUT2D eigenvalue weighted by atomic mass is 10.0. The molecule has 140 valence electrons. The quantitative estimate of drug-likeness (QED) is 0.861. The van der Waals surface area contributed by atoms with Crippen molar-refractivity contribution >= 4 is 11.8 Å². The highest BCUT2D eigenvalue weighted by atomic mass is 16.5. The number of aliphatic hydroxyl groups excluding tert-OH is 1. The number of aromatic nitrogens is 2. The summed E-state index contributed by atoms with van der Waals surface area (Å²) in [7, 11) is 3.97. The maximum Gasteiger partial charge on any atom is 0.227 e. The van der Waals surface area contributed by atoms with E-state index in [9.17, 15) is 5.11 Å². The van der Waals surface area contributed by atoms with Crippen molar-refractivity contribution < 1.29 is 9.84 Å². The van der Waals surface area contributed by atoms with Gasteiger partial charge in [0.05, 0.1) is 19.3 Å². The van der Waals surface area contributed by atoms with Crippen LogP contribution in [0.4, 0.5) is 11.8 Å². The lowest BCUT2D eigenvalue weighted by Crippen LogP contribution is -2.47. The van der Waals surface area contributed by atoms with Gasteiger partial charge in [0.1, 0.15) is 5.82 Å². The largest absolute Gasteiger partial charge is 0.389 e. The third kappa shape index (κ3) is 4.59. The fraction of sp³-hybridized carbons (Fsp3) is 0.778. The Morgan fingerprint density at radius 3 is 2.68 bits per heavy atom. The van der Waals surface area contributed by atoms with Gasteiger partial charge in [-0.15, -0.1) is 0 Å². The number of hydrogen-bond acceptors (Lipinski definition) is 7. The van der Waals surface area contributed by atoms with Gasteiger partial charge < -0.3 is 19.6 Å². The first-order valence-electron chi connectivity index (χ1n) is 9.37. The topological polar surface area (TPSA) is 65.0 Å². The number of ether oxygens (including phenoxy) is 1. The average molecular weight is 349 g/mol. The van der Waals surface area contributed by atoms with Crippen molar-refractivity contribution in [3.8, 4) is 0 Å². The smallest absolute Gasteiger partial charge is 0.227 e. The zero-order valence-corrected chi connectivity index (χ0v) is 15.7. The molecule has 0 saturated carbocycles. The van der Waals surface area contributed by atoms with Gasteiger partial charge in [-0.3, -0.25) is 4.90 Å². The summed E-state index contributed by atoms with van der Waals surface area (Å²) in [5, 5.41) is 9.96. The second-order valence-corrected chi connectivity index (χ2v) is 7.21. The van der Waals surface area contributed by atoms with Gasteiger partial charge in [0.25, 0.3) is 0 Å². The normalized spacial score (nSPS) is 23.5. The van der Waals surface area contributed by atoms with E-state index in [0.29, 0.717) is 12.6 Å². The summed E-state index contributed by atoms with van der Waals surface area (Å²) in [4.78, 5) is 16.1. The molecule has 1 aromatic heterocycles. The van der Waals surface area contributed by atoms with E-state index in [1.54, 1.807) is 0 Å². The first-order valence-corrected chi connectivity index (χ1v) is 9.37. The van der Waals surface area contributed by atoms with E-state index in [1.807, 2.05) is 19.0 Å². The van der Waals surface area contributed by atoms with Crippen molar-refractivity contribution in [1.29, 1.82) is 0 Å². The van der Waals surface area contributed by atoms with Gasteiger partial charge in [0.2, 0.25) is 5.95 Å². The maximum atomic E-state index is 9.96. The van der Waals surface area contributed by atoms with E-state index in [-0.39, 0.29) is 6.10 Å². The highest BCUT2D eigenvalue weighted by molar-refractivity contribution is 5.46. The molecule has 0 radical (unpaired) electrons. The van der Waals surface area contributed by atoms with Crippen molar-refractivity contribution in [2.75, 3.05) is 63.3 Å². The molecule has 3 heterocycles. The molecule has 2 fully saturated rings. The predicted molar refractivity (Wildman–Crippen MR) is 99.4 cm³/mol. The number of rotatable bonds is 4. The van der Waals surface area contributed by atoms with E-state index in [0.717, 1.165) is 69.5 Å². The molecule has 1 atom stereocenters. The number of nitrogens with zero attached hydrogens (tertiary/aromatic N) is 5. The van der Waals surface area contributed by atoms with E-state index >= 15 is 0 Å². The van der Waals surface area contributed by atoms with Gasteiger partial charge in [-0.1, -0.05) is 6.92 Å². The number of aryl methyl sites for hydroxylation is 1. The first kappa shape index (κ1) is 18.4. The lowest BCUT2D eigenvalue weighted by molar-refractivity contribution is 0.0534. The molecule has 0 aliphatic carbocycles. The first-order chi connectivity index (χ1) is 12.1. The van der Waals surface area contributed by atoms with Crippen LogP contribution in [-0.2, 0) is 11.2 Å². The fourth-order valence-corrected chi connectivity index (χ4v) is 3.62. The monoisotopic (exact) mass is 349 g/mol. The van der Waals surface area contributed by atoms with Crippen LogP contribution in [0, 0.1) is 0 Å². The average Bonchev–Trinajstić information content (AvgIpc) is 2.86. The van der Waals surface area contributed by atoms with Crippen molar-refractivity contribution in [3.05, 3.63) is 11.8 Å². The van der Waals surface area contributed by atoms with Crippen LogP contribution in [0.25, 0.3) is 0 Å². The second-order valence-electron chi connectivity index (χ2n) is 7.21. The molecule has 1 unspecified atom stereocenters. The fourth-order valence-electron chi connectivity index (χ4n) is 3.62. The molecule has 2 aliphatic rings. The Labute approximate surface area is 150 Å². The second kappa shape index (κ2) is 8.29. The van der Waals surface area contributed by atoms with E-state index in [4.69, 9.17) is 9.72 Å². The Bertz CT molecular complexity index is 560. The zero-order chi connectivity index (χ0) is 17.8. The zero-order valence-electron chi connectivity index (χ0n) is 15.7. The Kier molecular flexibility index (Phi) is 6.09. The Balaban J connectivity index is 1.64. The molecule has 2 aliphatic heterocycles. The molecule has 0 spiro atoms. The molecule has 25 heavy (non-hydrogen) atoms. The summed E-state index contributed by atoms with van der Waals surface area (Å²) in [6.45, 7) is 6.93. The van der Waals surface area contributed by atoms with Gasteiger partial charge in [-0.2, -0.15) is 4.98 Å². The number of hydrogen-bond donors (Lipinski definition) is 1. The molecule has 0 amide bonds. The summed E-state index contributed by atoms with van der Waals surface area (Å²) in [6, 6.07) is 2.64. The third-order valence-electron chi connectivity index (χ3n) is 5.10. The summed E-state index contributed by atoms with van der Waals surface area (Å²) in [5.74, 6) is 1.82. The van der Waals surface area contributed by atoms with Gasteiger partial charge in [0.15, 0.2) is 0 Å². The highest BCUT2D eigenvalue weighted by Crippen LogP contribution is 2.24. The Hall–Kier alpha value is -1.44. The number of piperidine rings is 1. The lowest BCUT2D eigenvalue weighted by Gasteiger charge is -2.39. The molecule has 0 aromatic carbocycles. The SMILES string of the molecule is CCc1cc(N2CCC(N3CCOCC(O)C3)CC2)nc(N(C)C)n1. The molecule has 7 heteroatoms.